The van der Waals surface area contributed by atoms with Gasteiger partial charge in [-0.15, -0.1) is 0 Å². The molecule has 25 heavy (non-hydrogen) atoms. The Hall–Kier alpha value is -3.42. The summed E-state index contributed by atoms with van der Waals surface area (Å²) in [4.78, 5) is 17.5. The fourth-order valence-electron chi connectivity index (χ4n) is 3.07. The maximum Gasteiger partial charge on any atom is 0.345 e. The van der Waals surface area contributed by atoms with E-state index >= 15 is 0 Å². The average Bonchev–Trinajstić information content (AvgIpc) is 3.12. The Bertz CT molecular complexity index is 1010. The van der Waals surface area contributed by atoms with Gasteiger partial charge in [0.15, 0.2) is 0 Å². The Morgan fingerprint density at radius 3 is 3.16 bits per heavy atom. The minimum Gasteiger partial charge on any atom is -0.345 e. The van der Waals surface area contributed by atoms with E-state index in [1.54, 1.807) is 6.07 Å². The lowest BCUT2D eigenvalue weighted by atomic mass is 10.0. The second kappa shape index (κ2) is 6.23. The van der Waals surface area contributed by atoms with Crippen LogP contribution in [0.3, 0.4) is 0 Å². The third kappa shape index (κ3) is 2.67. The summed E-state index contributed by atoms with van der Waals surface area (Å²) in [6, 6.07) is 9.61. The molecule has 0 aliphatic carbocycles. The quantitative estimate of drug-likeness (QED) is 0.730. The summed E-state index contributed by atoms with van der Waals surface area (Å²) in [5.41, 5.74) is 3.20. The third-order valence-corrected chi connectivity index (χ3v) is 4.24. The Morgan fingerprint density at radius 2 is 2.32 bits per heavy atom. The van der Waals surface area contributed by atoms with Crippen LogP contribution in [0, 0.1) is 17.9 Å². The highest BCUT2D eigenvalue weighted by atomic mass is 16.5. The van der Waals surface area contributed by atoms with Gasteiger partial charge in [-0.2, -0.15) is 5.26 Å². The molecule has 4 rings (SSSR count). The van der Waals surface area contributed by atoms with Gasteiger partial charge in [0.2, 0.25) is 0 Å². The highest BCUT2D eigenvalue weighted by molar-refractivity contribution is 6.01. The number of aromatic amines is 1. The molecule has 122 valence electrons. The van der Waals surface area contributed by atoms with Crippen molar-refractivity contribution in [1.82, 2.24) is 15.0 Å². The van der Waals surface area contributed by atoms with Crippen molar-refractivity contribution in [3.8, 4) is 17.2 Å². The molecule has 3 heterocycles. The number of benzene rings is 1. The Labute approximate surface area is 144 Å². The largest absolute Gasteiger partial charge is 0.345 e. The molecule has 0 amide bonds. The molecule has 1 saturated heterocycles. The van der Waals surface area contributed by atoms with Crippen LogP contribution < -0.4 is 4.90 Å². The molecule has 0 radical (unpaired) electrons. The molecule has 3 aromatic rings. The molecule has 0 spiro atoms. The zero-order valence-corrected chi connectivity index (χ0v) is 13.3. The van der Waals surface area contributed by atoms with Gasteiger partial charge >= 0.3 is 6.23 Å². The fraction of sp³-hybridized carbons (Fsp3) is 0.222. The number of rotatable bonds is 2. The molecule has 2 aromatic heterocycles. The number of nitriles is 1. The topological polar surface area (TPSA) is 82.2 Å². The van der Waals surface area contributed by atoms with Crippen LogP contribution in [0.25, 0.3) is 27.0 Å². The van der Waals surface area contributed by atoms with Crippen LogP contribution in [0.1, 0.15) is 5.56 Å². The summed E-state index contributed by atoms with van der Waals surface area (Å²) in [5, 5.41) is 10.0. The van der Waals surface area contributed by atoms with Crippen molar-refractivity contribution in [3.63, 3.8) is 0 Å². The summed E-state index contributed by atoms with van der Waals surface area (Å²) >= 11 is 0. The van der Waals surface area contributed by atoms with Crippen LogP contribution >= 0.6 is 0 Å². The molecule has 0 saturated carbocycles. The van der Waals surface area contributed by atoms with Crippen molar-refractivity contribution < 1.29 is 4.74 Å². The lowest BCUT2D eigenvalue weighted by Crippen LogP contribution is -2.41. The average molecular weight is 330 g/mol. The van der Waals surface area contributed by atoms with Gasteiger partial charge < -0.3 is 14.6 Å². The number of hydrogen-bond acceptors (Lipinski definition) is 5. The molecule has 7 nitrogen and oxygen atoms in total. The van der Waals surface area contributed by atoms with Crippen molar-refractivity contribution >= 4 is 16.9 Å². The predicted molar refractivity (Wildman–Crippen MR) is 92.6 cm³/mol. The van der Waals surface area contributed by atoms with Gasteiger partial charge in [-0.1, -0.05) is 12.1 Å². The molecule has 1 atom stereocenters. The molecule has 1 aliphatic rings. The van der Waals surface area contributed by atoms with Gasteiger partial charge in [0.1, 0.15) is 24.3 Å². The Morgan fingerprint density at radius 1 is 1.40 bits per heavy atom. The zero-order valence-electron chi connectivity index (χ0n) is 13.3. The zero-order chi connectivity index (χ0) is 17.2. The number of anilines is 1. The number of hydrogen-bond donors (Lipinski definition) is 1. The lowest BCUT2D eigenvalue weighted by Gasteiger charge is -2.28. The number of nitrogens with one attached hydrogen (secondary N) is 1. The first-order valence-corrected chi connectivity index (χ1v) is 7.86. The van der Waals surface area contributed by atoms with Crippen LogP contribution in [0.5, 0.6) is 0 Å². The minimum absolute atomic E-state index is 0.471. The van der Waals surface area contributed by atoms with Crippen LogP contribution in [0.4, 0.5) is 5.82 Å². The smallest absolute Gasteiger partial charge is 0.345 e. The standard InChI is InChI=1S/C18H14N6O/c1-20-15-10-24(5-6-25-15)18-16-14(9-21-17(16)22-11-23-18)13-4-2-3-12(7-13)8-19/h2-4,7,9,11,15H,5-6,10H2,(H,21,22,23). The minimum atomic E-state index is -0.483. The lowest BCUT2D eigenvalue weighted by molar-refractivity contribution is 0.0699. The van der Waals surface area contributed by atoms with E-state index in [2.05, 4.69) is 30.8 Å². The van der Waals surface area contributed by atoms with Crippen LogP contribution in [0.15, 0.2) is 36.8 Å². The van der Waals surface area contributed by atoms with E-state index in [1.807, 2.05) is 24.4 Å². The number of nitrogens with zero attached hydrogens (tertiary/aromatic N) is 5. The number of aromatic nitrogens is 3. The maximum absolute atomic E-state index is 9.15. The van der Waals surface area contributed by atoms with Crippen molar-refractivity contribution in [3.05, 3.63) is 53.8 Å². The first-order chi connectivity index (χ1) is 12.3. The first-order valence-electron chi connectivity index (χ1n) is 7.86. The predicted octanol–water partition coefficient (Wildman–Crippen LogP) is 2.58. The molecule has 1 aromatic carbocycles. The van der Waals surface area contributed by atoms with Gasteiger partial charge in [-0.3, -0.25) is 4.85 Å². The van der Waals surface area contributed by atoms with E-state index in [1.165, 1.54) is 6.33 Å². The van der Waals surface area contributed by atoms with Crippen LogP contribution in [-0.4, -0.2) is 40.9 Å². The van der Waals surface area contributed by atoms with E-state index in [-0.39, 0.29) is 0 Å². The first kappa shape index (κ1) is 15.1. The number of fused-ring (bicyclic) bond motifs is 1. The van der Waals surface area contributed by atoms with Crippen molar-refractivity contribution in [2.24, 2.45) is 0 Å². The second-order valence-electron chi connectivity index (χ2n) is 5.72. The molecule has 1 fully saturated rings. The van der Waals surface area contributed by atoms with E-state index in [0.29, 0.717) is 25.3 Å². The van der Waals surface area contributed by atoms with Gasteiger partial charge in [-0.25, -0.2) is 16.5 Å². The highest BCUT2D eigenvalue weighted by Crippen LogP contribution is 2.34. The molecule has 1 aliphatic heterocycles. The summed E-state index contributed by atoms with van der Waals surface area (Å²) in [6.07, 6.45) is 2.92. The van der Waals surface area contributed by atoms with Crippen molar-refractivity contribution in [2.75, 3.05) is 24.6 Å². The highest BCUT2D eigenvalue weighted by Gasteiger charge is 2.27. The molecular weight excluding hydrogens is 316 g/mol. The Kier molecular flexibility index (Phi) is 3.77. The van der Waals surface area contributed by atoms with Gasteiger partial charge in [0, 0.05) is 18.3 Å². The molecular formula is C18H14N6O. The van der Waals surface area contributed by atoms with Crippen molar-refractivity contribution in [2.45, 2.75) is 6.23 Å². The molecule has 0 bridgehead atoms. The SMILES string of the molecule is [C-]#[N+]C1CN(c2ncnc3[nH]cc(-c4cccc(C#N)c4)c23)CCO1. The van der Waals surface area contributed by atoms with Gasteiger partial charge in [0.25, 0.3) is 0 Å². The van der Waals surface area contributed by atoms with Crippen LogP contribution in [-0.2, 0) is 4.74 Å². The van der Waals surface area contributed by atoms with E-state index in [9.17, 15) is 0 Å². The van der Waals surface area contributed by atoms with E-state index < -0.39 is 6.23 Å². The number of ether oxygens (including phenoxy) is 1. The maximum atomic E-state index is 9.15. The van der Waals surface area contributed by atoms with E-state index in [0.717, 1.165) is 28.0 Å². The summed E-state index contributed by atoms with van der Waals surface area (Å²) < 4.78 is 5.43. The molecule has 1 N–H and O–H groups in total. The molecule has 7 heteroatoms. The Balaban J connectivity index is 1.85. The summed E-state index contributed by atoms with van der Waals surface area (Å²) in [7, 11) is 0. The van der Waals surface area contributed by atoms with Gasteiger partial charge in [0.05, 0.1) is 23.6 Å². The van der Waals surface area contributed by atoms with Gasteiger partial charge in [-0.05, 0) is 17.7 Å². The van der Waals surface area contributed by atoms with Crippen molar-refractivity contribution in [1.29, 1.82) is 5.26 Å². The second-order valence-corrected chi connectivity index (χ2v) is 5.72. The molecule has 1 unspecified atom stereocenters. The number of morpholine rings is 1. The van der Waals surface area contributed by atoms with Crippen LogP contribution in [0.2, 0.25) is 0 Å². The monoisotopic (exact) mass is 330 g/mol. The summed E-state index contributed by atoms with van der Waals surface area (Å²) in [6.45, 7) is 8.83. The van der Waals surface area contributed by atoms with E-state index in [4.69, 9.17) is 16.6 Å². The normalized spacial score (nSPS) is 17.2. The summed E-state index contributed by atoms with van der Waals surface area (Å²) in [5.74, 6) is 0.778. The fourth-order valence-corrected chi connectivity index (χ4v) is 3.07. The third-order valence-electron chi connectivity index (χ3n) is 4.24. The number of H-pyrrole nitrogens is 1.